The van der Waals surface area contributed by atoms with Crippen molar-refractivity contribution >= 4 is 34.2 Å². The maximum absolute atomic E-state index is 11.3. The largest absolute Gasteiger partial charge is 0.326 e. The molecule has 0 aromatic heterocycles. The fourth-order valence-electron chi connectivity index (χ4n) is 1.18. The summed E-state index contributed by atoms with van der Waals surface area (Å²) in [5, 5.41) is 2.88. The molecule has 0 aliphatic rings. The number of hydrogen-bond acceptors (Lipinski definition) is 1. The fourth-order valence-corrected chi connectivity index (χ4v) is 1.66. The number of rotatable bonds is 4. The number of amides is 1. The van der Waals surface area contributed by atoms with E-state index in [1.165, 1.54) is 5.56 Å². The number of alkyl halides is 1. The van der Waals surface area contributed by atoms with E-state index in [0.717, 1.165) is 16.5 Å². The Bertz CT molecular complexity index is 312. The Morgan fingerprint density at radius 1 is 1.50 bits per heavy atom. The van der Waals surface area contributed by atoms with Crippen molar-refractivity contribution in [2.75, 3.05) is 5.32 Å². The minimum absolute atomic E-state index is 0.0955. The molecule has 1 amide bonds. The average Bonchev–Trinajstić information content (AvgIpc) is 2.18. The van der Waals surface area contributed by atoms with Crippen LogP contribution in [0.5, 0.6) is 0 Å². The van der Waals surface area contributed by atoms with Crippen molar-refractivity contribution in [3.8, 4) is 0 Å². The standard InChI is InChI=1S/C11H14INO/c1-2-4-11(14)13-10-6-3-5-9(7-10)8-12/h3,5-7H,2,4,8H2,1H3,(H,13,14). The highest BCUT2D eigenvalue weighted by Crippen LogP contribution is 2.13. The lowest BCUT2D eigenvalue weighted by Gasteiger charge is -2.05. The second-order valence-electron chi connectivity index (χ2n) is 3.13. The zero-order chi connectivity index (χ0) is 10.4. The van der Waals surface area contributed by atoms with Gasteiger partial charge in [0.15, 0.2) is 0 Å². The van der Waals surface area contributed by atoms with E-state index in [9.17, 15) is 4.79 Å². The van der Waals surface area contributed by atoms with Crippen LogP contribution in [0.15, 0.2) is 24.3 Å². The smallest absolute Gasteiger partial charge is 0.224 e. The van der Waals surface area contributed by atoms with Crippen molar-refractivity contribution in [2.45, 2.75) is 24.2 Å². The van der Waals surface area contributed by atoms with E-state index < -0.39 is 0 Å². The first kappa shape index (κ1) is 11.5. The van der Waals surface area contributed by atoms with E-state index in [0.29, 0.717) is 6.42 Å². The molecule has 2 nitrogen and oxygen atoms in total. The van der Waals surface area contributed by atoms with Crippen LogP contribution >= 0.6 is 22.6 Å². The van der Waals surface area contributed by atoms with Crippen LogP contribution in [0.4, 0.5) is 5.69 Å². The van der Waals surface area contributed by atoms with E-state index >= 15 is 0 Å². The number of carbonyl (C=O) groups excluding carboxylic acids is 1. The molecule has 0 saturated heterocycles. The molecule has 0 aliphatic carbocycles. The average molecular weight is 303 g/mol. The molecule has 0 heterocycles. The van der Waals surface area contributed by atoms with Crippen LogP contribution in [0.1, 0.15) is 25.3 Å². The van der Waals surface area contributed by atoms with Gasteiger partial charge in [0.25, 0.3) is 0 Å². The molecular weight excluding hydrogens is 289 g/mol. The first-order valence-electron chi connectivity index (χ1n) is 4.71. The lowest BCUT2D eigenvalue weighted by molar-refractivity contribution is -0.116. The molecule has 0 bridgehead atoms. The summed E-state index contributed by atoms with van der Waals surface area (Å²) in [6, 6.07) is 7.96. The molecular formula is C11H14INO. The molecule has 1 rings (SSSR count). The third-order valence-electron chi connectivity index (χ3n) is 1.84. The van der Waals surface area contributed by atoms with Crippen molar-refractivity contribution in [1.29, 1.82) is 0 Å². The topological polar surface area (TPSA) is 29.1 Å². The molecule has 0 atom stereocenters. The minimum atomic E-state index is 0.0955. The third-order valence-corrected chi connectivity index (χ3v) is 2.72. The predicted molar refractivity (Wildman–Crippen MR) is 67.7 cm³/mol. The Balaban J connectivity index is 2.62. The summed E-state index contributed by atoms with van der Waals surface area (Å²) in [6.45, 7) is 2.00. The molecule has 0 spiro atoms. The summed E-state index contributed by atoms with van der Waals surface area (Å²) in [5.41, 5.74) is 2.14. The van der Waals surface area contributed by atoms with Crippen molar-refractivity contribution in [2.24, 2.45) is 0 Å². The summed E-state index contributed by atoms with van der Waals surface area (Å²) in [7, 11) is 0. The van der Waals surface area contributed by atoms with Gasteiger partial charge in [-0.3, -0.25) is 4.79 Å². The van der Waals surface area contributed by atoms with E-state index in [1.807, 2.05) is 25.1 Å². The van der Waals surface area contributed by atoms with Gasteiger partial charge in [0, 0.05) is 16.5 Å². The van der Waals surface area contributed by atoms with Gasteiger partial charge in [-0.15, -0.1) is 0 Å². The molecule has 76 valence electrons. The number of halogens is 1. The molecule has 1 aromatic rings. The van der Waals surface area contributed by atoms with Gasteiger partial charge in [-0.2, -0.15) is 0 Å². The second kappa shape index (κ2) is 6.01. The zero-order valence-electron chi connectivity index (χ0n) is 8.22. The van der Waals surface area contributed by atoms with Gasteiger partial charge in [-0.05, 0) is 24.1 Å². The van der Waals surface area contributed by atoms with Gasteiger partial charge in [0.1, 0.15) is 0 Å². The van der Waals surface area contributed by atoms with Crippen LogP contribution in [0.2, 0.25) is 0 Å². The van der Waals surface area contributed by atoms with Crippen LogP contribution in [-0.4, -0.2) is 5.91 Å². The molecule has 0 unspecified atom stereocenters. The minimum Gasteiger partial charge on any atom is -0.326 e. The molecule has 3 heteroatoms. The lowest BCUT2D eigenvalue weighted by atomic mass is 10.2. The van der Waals surface area contributed by atoms with Crippen molar-refractivity contribution < 1.29 is 4.79 Å². The highest BCUT2D eigenvalue weighted by molar-refractivity contribution is 14.1. The Hall–Kier alpha value is -0.580. The van der Waals surface area contributed by atoms with E-state index in [2.05, 4.69) is 34.0 Å². The van der Waals surface area contributed by atoms with Crippen LogP contribution in [0.25, 0.3) is 0 Å². The van der Waals surface area contributed by atoms with Crippen LogP contribution < -0.4 is 5.32 Å². The summed E-state index contributed by atoms with van der Waals surface area (Å²) < 4.78 is 0.968. The molecule has 1 aromatic carbocycles. The monoisotopic (exact) mass is 303 g/mol. The van der Waals surface area contributed by atoms with Crippen LogP contribution in [-0.2, 0) is 9.22 Å². The van der Waals surface area contributed by atoms with Gasteiger partial charge < -0.3 is 5.32 Å². The van der Waals surface area contributed by atoms with E-state index in [1.54, 1.807) is 0 Å². The highest BCUT2D eigenvalue weighted by Gasteiger charge is 2.00. The molecule has 0 radical (unpaired) electrons. The van der Waals surface area contributed by atoms with E-state index in [-0.39, 0.29) is 5.91 Å². The highest BCUT2D eigenvalue weighted by atomic mass is 127. The summed E-state index contributed by atoms with van der Waals surface area (Å²) in [6.07, 6.45) is 1.48. The number of carbonyl (C=O) groups is 1. The van der Waals surface area contributed by atoms with Crippen molar-refractivity contribution in [3.63, 3.8) is 0 Å². The Morgan fingerprint density at radius 3 is 2.93 bits per heavy atom. The van der Waals surface area contributed by atoms with Gasteiger partial charge >= 0.3 is 0 Å². The predicted octanol–water partition coefficient (Wildman–Crippen LogP) is 3.36. The quantitative estimate of drug-likeness (QED) is 0.670. The third kappa shape index (κ3) is 3.65. The van der Waals surface area contributed by atoms with Crippen LogP contribution in [0, 0.1) is 0 Å². The number of nitrogens with one attached hydrogen (secondary N) is 1. The lowest BCUT2D eigenvalue weighted by Crippen LogP contribution is -2.10. The molecule has 0 saturated carbocycles. The summed E-state index contributed by atoms with van der Waals surface area (Å²) in [4.78, 5) is 11.3. The molecule has 14 heavy (non-hydrogen) atoms. The molecule has 0 aliphatic heterocycles. The maximum atomic E-state index is 11.3. The van der Waals surface area contributed by atoms with Crippen molar-refractivity contribution in [1.82, 2.24) is 0 Å². The molecule has 1 N–H and O–H groups in total. The van der Waals surface area contributed by atoms with Crippen LogP contribution in [0.3, 0.4) is 0 Å². The zero-order valence-corrected chi connectivity index (χ0v) is 10.4. The summed E-state index contributed by atoms with van der Waals surface area (Å²) in [5.74, 6) is 0.0955. The fraction of sp³-hybridized carbons (Fsp3) is 0.364. The second-order valence-corrected chi connectivity index (χ2v) is 3.89. The van der Waals surface area contributed by atoms with Gasteiger partial charge in [-0.1, -0.05) is 41.6 Å². The Morgan fingerprint density at radius 2 is 2.29 bits per heavy atom. The van der Waals surface area contributed by atoms with Gasteiger partial charge in [-0.25, -0.2) is 0 Å². The van der Waals surface area contributed by atoms with Gasteiger partial charge in [0.2, 0.25) is 5.91 Å². The SMILES string of the molecule is CCCC(=O)Nc1cccc(CI)c1. The van der Waals surface area contributed by atoms with E-state index in [4.69, 9.17) is 0 Å². The Labute approximate surface area is 98.2 Å². The molecule has 0 fully saturated rings. The maximum Gasteiger partial charge on any atom is 0.224 e. The van der Waals surface area contributed by atoms with Crippen molar-refractivity contribution in [3.05, 3.63) is 29.8 Å². The summed E-state index contributed by atoms with van der Waals surface area (Å²) >= 11 is 2.31. The van der Waals surface area contributed by atoms with Gasteiger partial charge in [0.05, 0.1) is 0 Å². The number of benzene rings is 1. The number of anilines is 1. The normalized spacial score (nSPS) is 9.86. The first-order chi connectivity index (χ1) is 6.76. The number of hydrogen-bond donors (Lipinski definition) is 1. The first-order valence-corrected chi connectivity index (χ1v) is 6.23. The Kier molecular flexibility index (Phi) is 4.93.